The number of morpholine rings is 1. The molecular weight excluding hydrogens is 564 g/mol. The van der Waals surface area contributed by atoms with Crippen LogP contribution < -0.4 is 21.3 Å². The predicted octanol–water partition coefficient (Wildman–Crippen LogP) is 2.60. The molecule has 2 atom stereocenters. The number of hydrogen-bond acceptors (Lipinski definition) is 10. The Morgan fingerprint density at radius 2 is 2.05 bits per heavy atom. The number of halogens is 1. The van der Waals surface area contributed by atoms with E-state index >= 15 is 0 Å². The first-order chi connectivity index (χ1) is 20.3. The molecule has 2 aromatic rings. The number of aromatic nitrogens is 1. The number of nitriles is 1. The molecule has 14 heteroatoms. The number of amides is 4. The molecule has 2 aliphatic carbocycles. The predicted molar refractivity (Wildman–Crippen MR) is 155 cm³/mol. The van der Waals surface area contributed by atoms with Crippen LogP contribution in [-0.4, -0.2) is 83.6 Å². The molecule has 0 radical (unpaired) electrons. The Morgan fingerprint density at radius 3 is 2.74 bits per heavy atom. The zero-order chi connectivity index (χ0) is 29.6. The molecule has 2 heterocycles. The fourth-order valence-electron chi connectivity index (χ4n) is 4.52. The fourth-order valence-corrected chi connectivity index (χ4v) is 4.74. The quantitative estimate of drug-likeness (QED) is 0.181. The number of aliphatic hydroxyl groups is 1. The first kappa shape index (κ1) is 29.5. The van der Waals surface area contributed by atoms with E-state index in [4.69, 9.17) is 21.6 Å². The molecule has 2 saturated carbocycles. The van der Waals surface area contributed by atoms with Gasteiger partial charge in [0.05, 0.1) is 41.2 Å². The summed E-state index contributed by atoms with van der Waals surface area (Å²) in [6.07, 6.45) is 4.39. The van der Waals surface area contributed by atoms with Gasteiger partial charge in [0.25, 0.3) is 5.91 Å². The number of benzene rings is 1. The van der Waals surface area contributed by atoms with E-state index in [2.05, 4.69) is 26.3 Å². The standard InChI is InChI=1S/C28H33ClN8O5/c29-22-9-20(6-5-19(22)11-30)33-27(40)35-25-15-36(7-8-42-25)28(41)34-24-10-21(23(13-32-24)31-12-17-1-2-17)26(39)37(16-38)14-18-3-4-18/h5-6,9-10,13,16-18,25,27,31,33,35,40H,1-4,7-8,12,14-15H2,(H,32,34,41). The maximum atomic E-state index is 13.3. The summed E-state index contributed by atoms with van der Waals surface area (Å²) in [6.45, 7) is 1.71. The molecule has 4 amide bonds. The molecule has 3 fully saturated rings. The number of anilines is 3. The summed E-state index contributed by atoms with van der Waals surface area (Å²) in [7, 11) is 0. The third kappa shape index (κ3) is 7.86. The van der Waals surface area contributed by atoms with Crippen LogP contribution in [-0.2, 0) is 9.53 Å². The number of ether oxygens (including phenoxy) is 1. The monoisotopic (exact) mass is 596 g/mol. The number of nitrogens with one attached hydrogen (secondary N) is 4. The number of hydrogen-bond donors (Lipinski definition) is 5. The largest absolute Gasteiger partial charge is 0.383 e. The summed E-state index contributed by atoms with van der Waals surface area (Å²) < 4.78 is 5.66. The maximum absolute atomic E-state index is 13.3. The minimum atomic E-state index is -1.23. The Kier molecular flexibility index (Phi) is 9.38. The highest BCUT2D eigenvalue weighted by Crippen LogP contribution is 2.32. The first-order valence-corrected chi connectivity index (χ1v) is 14.3. The van der Waals surface area contributed by atoms with Crippen molar-refractivity contribution in [1.82, 2.24) is 20.1 Å². The summed E-state index contributed by atoms with van der Waals surface area (Å²) in [5.74, 6) is 0.628. The van der Waals surface area contributed by atoms with Crippen molar-refractivity contribution >= 4 is 47.1 Å². The summed E-state index contributed by atoms with van der Waals surface area (Å²) in [4.78, 5) is 45.2. The van der Waals surface area contributed by atoms with Gasteiger partial charge in [-0.05, 0) is 61.8 Å². The summed E-state index contributed by atoms with van der Waals surface area (Å²) in [5, 5.41) is 31.4. The van der Waals surface area contributed by atoms with E-state index in [1.54, 1.807) is 6.07 Å². The first-order valence-electron chi connectivity index (χ1n) is 13.9. The van der Waals surface area contributed by atoms with Crippen molar-refractivity contribution in [3.8, 4) is 6.07 Å². The zero-order valence-corrected chi connectivity index (χ0v) is 23.6. The van der Waals surface area contributed by atoms with Gasteiger partial charge in [-0.15, -0.1) is 0 Å². The lowest BCUT2D eigenvalue weighted by atomic mass is 10.1. The van der Waals surface area contributed by atoms with Crippen LogP contribution in [0, 0.1) is 23.2 Å². The molecule has 5 N–H and O–H groups in total. The molecule has 0 bridgehead atoms. The van der Waals surface area contributed by atoms with Gasteiger partial charge in [0, 0.05) is 25.3 Å². The van der Waals surface area contributed by atoms with Crippen molar-refractivity contribution in [2.45, 2.75) is 38.3 Å². The van der Waals surface area contributed by atoms with Crippen LogP contribution >= 0.6 is 11.6 Å². The molecule has 222 valence electrons. The van der Waals surface area contributed by atoms with Crippen LogP contribution in [0.1, 0.15) is 41.6 Å². The molecule has 2 unspecified atom stereocenters. The number of carbonyl (C=O) groups is 3. The molecule has 0 spiro atoms. The van der Waals surface area contributed by atoms with E-state index in [9.17, 15) is 19.5 Å². The number of imide groups is 1. The topological polar surface area (TPSA) is 172 Å². The average Bonchev–Trinajstić information content (AvgIpc) is 3.91. The summed E-state index contributed by atoms with van der Waals surface area (Å²) in [5.41, 5.74) is 1.60. The number of carbonyl (C=O) groups excluding carboxylic acids is 3. The third-order valence-electron chi connectivity index (χ3n) is 7.28. The molecule has 3 aliphatic rings. The number of rotatable bonds is 12. The van der Waals surface area contributed by atoms with Crippen LogP contribution in [0.4, 0.5) is 22.0 Å². The van der Waals surface area contributed by atoms with Crippen molar-refractivity contribution in [1.29, 1.82) is 5.26 Å². The van der Waals surface area contributed by atoms with E-state index in [0.29, 0.717) is 54.8 Å². The highest BCUT2D eigenvalue weighted by atomic mass is 35.5. The fraction of sp³-hybridized carbons (Fsp3) is 0.464. The van der Waals surface area contributed by atoms with E-state index in [0.717, 1.165) is 25.7 Å². The van der Waals surface area contributed by atoms with E-state index in [1.165, 1.54) is 34.2 Å². The molecular formula is C28H33ClN8O5. The maximum Gasteiger partial charge on any atom is 0.323 e. The lowest BCUT2D eigenvalue weighted by Crippen LogP contribution is -2.55. The van der Waals surface area contributed by atoms with Crippen LogP contribution in [0.2, 0.25) is 5.02 Å². The average molecular weight is 597 g/mol. The van der Waals surface area contributed by atoms with Gasteiger partial charge < -0.3 is 25.4 Å². The van der Waals surface area contributed by atoms with Crippen molar-refractivity contribution in [3.05, 3.63) is 46.6 Å². The van der Waals surface area contributed by atoms with E-state index in [-0.39, 0.29) is 29.6 Å². The molecule has 1 aliphatic heterocycles. The van der Waals surface area contributed by atoms with Crippen molar-refractivity contribution in [3.63, 3.8) is 0 Å². The van der Waals surface area contributed by atoms with Crippen LogP contribution in [0.25, 0.3) is 0 Å². The second kappa shape index (κ2) is 13.3. The summed E-state index contributed by atoms with van der Waals surface area (Å²) in [6, 6.07) is 7.67. The van der Waals surface area contributed by atoms with Gasteiger partial charge in [0.1, 0.15) is 18.1 Å². The Balaban J connectivity index is 1.20. The third-order valence-corrected chi connectivity index (χ3v) is 7.59. The lowest BCUT2D eigenvalue weighted by Gasteiger charge is -2.34. The van der Waals surface area contributed by atoms with Gasteiger partial charge >= 0.3 is 6.03 Å². The normalized spacial score (nSPS) is 18.9. The number of urea groups is 1. The zero-order valence-electron chi connectivity index (χ0n) is 22.9. The van der Waals surface area contributed by atoms with Gasteiger partial charge in [0.15, 0.2) is 6.35 Å². The number of aliphatic hydroxyl groups excluding tert-OH is 1. The van der Waals surface area contributed by atoms with Gasteiger partial charge in [0.2, 0.25) is 6.41 Å². The van der Waals surface area contributed by atoms with Gasteiger partial charge in [-0.1, -0.05) is 11.6 Å². The number of nitrogens with zero attached hydrogens (tertiary/aromatic N) is 4. The molecule has 5 rings (SSSR count). The molecule has 1 aromatic heterocycles. The Morgan fingerprint density at radius 1 is 1.26 bits per heavy atom. The molecule has 1 saturated heterocycles. The minimum Gasteiger partial charge on any atom is -0.383 e. The van der Waals surface area contributed by atoms with Gasteiger partial charge in [-0.3, -0.25) is 19.8 Å². The minimum absolute atomic E-state index is 0.117. The summed E-state index contributed by atoms with van der Waals surface area (Å²) >= 11 is 6.05. The van der Waals surface area contributed by atoms with E-state index < -0.39 is 24.5 Å². The van der Waals surface area contributed by atoms with Crippen LogP contribution in [0.3, 0.4) is 0 Å². The van der Waals surface area contributed by atoms with Gasteiger partial charge in [-0.25, -0.2) is 15.1 Å². The lowest BCUT2D eigenvalue weighted by molar-refractivity contribution is -0.116. The van der Waals surface area contributed by atoms with Crippen LogP contribution in [0.5, 0.6) is 0 Å². The number of pyridine rings is 1. The molecule has 13 nitrogen and oxygen atoms in total. The van der Waals surface area contributed by atoms with Crippen molar-refractivity contribution < 1.29 is 24.2 Å². The van der Waals surface area contributed by atoms with Crippen LogP contribution in [0.15, 0.2) is 30.5 Å². The Labute approximate surface area is 248 Å². The molecule has 1 aromatic carbocycles. The van der Waals surface area contributed by atoms with E-state index in [1.807, 2.05) is 6.07 Å². The highest BCUT2D eigenvalue weighted by molar-refractivity contribution is 6.32. The van der Waals surface area contributed by atoms with Crippen molar-refractivity contribution in [2.75, 3.05) is 48.7 Å². The van der Waals surface area contributed by atoms with Gasteiger partial charge in [-0.2, -0.15) is 5.26 Å². The smallest absolute Gasteiger partial charge is 0.323 e. The van der Waals surface area contributed by atoms with Crippen molar-refractivity contribution in [2.24, 2.45) is 11.8 Å². The molecule has 42 heavy (non-hydrogen) atoms. The second-order valence-corrected chi connectivity index (χ2v) is 11.1. The Bertz CT molecular complexity index is 1360. The second-order valence-electron chi connectivity index (χ2n) is 10.7. The highest BCUT2D eigenvalue weighted by Gasteiger charge is 2.30. The Hall–Kier alpha value is -3.96. The SMILES string of the molecule is N#Cc1ccc(NC(O)NC2CN(C(=O)Nc3cc(C(=O)N(C=O)CC4CC4)c(NCC4CC4)cn3)CCO2)cc1Cl.